The van der Waals surface area contributed by atoms with Crippen molar-refractivity contribution in [3.63, 3.8) is 0 Å². The van der Waals surface area contributed by atoms with E-state index in [4.69, 9.17) is 4.99 Å². The van der Waals surface area contributed by atoms with Crippen LogP contribution in [0.25, 0.3) is 10.9 Å². The van der Waals surface area contributed by atoms with Crippen LogP contribution >= 0.6 is 0 Å². The molecule has 0 saturated heterocycles. The lowest BCUT2D eigenvalue weighted by Gasteiger charge is -2.10. The van der Waals surface area contributed by atoms with Gasteiger partial charge in [0.25, 0.3) is 0 Å². The third kappa shape index (κ3) is 2.75. The van der Waals surface area contributed by atoms with Crippen molar-refractivity contribution in [1.82, 2.24) is 4.57 Å². The third-order valence-electron chi connectivity index (χ3n) is 3.71. The van der Waals surface area contributed by atoms with Crippen molar-refractivity contribution in [1.29, 1.82) is 0 Å². The summed E-state index contributed by atoms with van der Waals surface area (Å²) in [5, 5.41) is 2.33. The molecule has 3 rings (SSSR count). The largest absolute Gasteiger partial charge is 0.350 e. The van der Waals surface area contributed by atoms with E-state index in [1.807, 2.05) is 18.2 Å². The minimum atomic E-state index is 1.01. The van der Waals surface area contributed by atoms with Gasteiger partial charge in [0, 0.05) is 24.1 Å². The number of pyridine rings is 1. The first kappa shape index (κ1) is 13.6. The van der Waals surface area contributed by atoms with Gasteiger partial charge in [0.1, 0.15) is 0 Å². The molecule has 0 saturated carbocycles. The van der Waals surface area contributed by atoms with Gasteiger partial charge in [-0.15, -0.1) is 0 Å². The highest BCUT2D eigenvalue weighted by Gasteiger charge is 2.05. The highest BCUT2D eigenvalue weighted by atomic mass is 14.9. The zero-order valence-electron chi connectivity index (χ0n) is 12.6. The zero-order chi connectivity index (χ0) is 14.7. The van der Waals surface area contributed by atoms with Crippen molar-refractivity contribution in [2.75, 3.05) is 0 Å². The maximum atomic E-state index is 4.92. The summed E-state index contributed by atoms with van der Waals surface area (Å²) < 4.78 is 2.20. The van der Waals surface area contributed by atoms with Crippen LogP contribution in [0.4, 0.5) is 5.69 Å². The first-order valence-electron chi connectivity index (χ1n) is 7.46. The lowest BCUT2D eigenvalue weighted by molar-refractivity contribution is 0.863. The first-order valence-corrected chi connectivity index (χ1v) is 7.46. The van der Waals surface area contributed by atoms with E-state index in [0.717, 1.165) is 23.9 Å². The monoisotopic (exact) mass is 276 g/mol. The van der Waals surface area contributed by atoms with Crippen LogP contribution in [-0.2, 0) is 13.5 Å². The van der Waals surface area contributed by atoms with Gasteiger partial charge in [-0.3, -0.25) is 0 Å². The van der Waals surface area contributed by atoms with Crippen LogP contribution in [0.5, 0.6) is 0 Å². The van der Waals surface area contributed by atoms with Gasteiger partial charge >= 0.3 is 0 Å². The van der Waals surface area contributed by atoms with Crippen molar-refractivity contribution < 1.29 is 0 Å². The molecule has 1 aromatic heterocycles. The van der Waals surface area contributed by atoms with E-state index < -0.39 is 0 Å². The number of aromatic nitrogens is 1. The van der Waals surface area contributed by atoms with E-state index in [2.05, 4.69) is 61.1 Å². The van der Waals surface area contributed by atoms with E-state index in [9.17, 15) is 0 Å². The molecule has 0 atom stereocenters. The fourth-order valence-corrected chi connectivity index (χ4v) is 2.73. The second-order valence-corrected chi connectivity index (χ2v) is 5.33. The molecule has 0 amide bonds. The molecule has 2 nitrogen and oxygen atoms in total. The number of aryl methyl sites for hydroxylation is 2. The number of hydrogen-bond acceptors (Lipinski definition) is 1. The summed E-state index contributed by atoms with van der Waals surface area (Å²) in [4.78, 5) is 4.92. The second kappa shape index (κ2) is 5.96. The maximum absolute atomic E-state index is 4.92. The summed E-state index contributed by atoms with van der Waals surface area (Å²) in [5.74, 6) is 0. The average molecular weight is 276 g/mol. The smallest absolute Gasteiger partial charge is 0.0776 e. The molecule has 3 aromatic rings. The van der Waals surface area contributed by atoms with Gasteiger partial charge in [0.15, 0.2) is 0 Å². The van der Waals surface area contributed by atoms with Gasteiger partial charge in [-0.25, -0.2) is 4.99 Å². The maximum Gasteiger partial charge on any atom is 0.0776 e. The van der Waals surface area contributed by atoms with Gasteiger partial charge in [0.05, 0.1) is 11.0 Å². The van der Waals surface area contributed by atoms with Crippen LogP contribution in [0, 0.1) is 0 Å². The molecular weight excluding hydrogens is 256 g/mol. The van der Waals surface area contributed by atoms with Crippen molar-refractivity contribution in [2.45, 2.75) is 19.8 Å². The SMILES string of the molecule is CCCc1cn(C)c2ccccc2c1=Nc1ccccc1. The van der Waals surface area contributed by atoms with Gasteiger partial charge in [-0.2, -0.15) is 0 Å². The lowest BCUT2D eigenvalue weighted by Crippen LogP contribution is -2.14. The Morgan fingerprint density at radius 2 is 1.67 bits per heavy atom. The third-order valence-corrected chi connectivity index (χ3v) is 3.71. The van der Waals surface area contributed by atoms with Crippen molar-refractivity contribution in [3.8, 4) is 0 Å². The minimum absolute atomic E-state index is 1.01. The Labute approximate surface area is 125 Å². The molecule has 0 fully saturated rings. The van der Waals surface area contributed by atoms with Crippen LogP contribution in [0.2, 0.25) is 0 Å². The molecule has 0 aliphatic carbocycles. The fourth-order valence-electron chi connectivity index (χ4n) is 2.73. The highest BCUT2D eigenvalue weighted by molar-refractivity contribution is 5.79. The summed E-state index contributed by atoms with van der Waals surface area (Å²) in [6.07, 6.45) is 4.38. The number of para-hydroxylation sites is 2. The summed E-state index contributed by atoms with van der Waals surface area (Å²) >= 11 is 0. The lowest BCUT2D eigenvalue weighted by atomic mass is 10.1. The summed E-state index contributed by atoms with van der Waals surface area (Å²) in [5.41, 5.74) is 3.53. The Hall–Kier alpha value is -2.35. The molecular formula is C19H20N2. The van der Waals surface area contributed by atoms with E-state index in [0.29, 0.717) is 0 Å². The van der Waals surface area contributed by atoms with Gasteiger partial charge < -0.3 is 4.57 Å². The minimum Gasteiger partial charge on any atom is -0.350 e. The Morgan fingerprint density at radius 3 is 2.43 bits per heavy atom. The molecule has 1 heterocycles. The predicted molar refractivity (Wildman–Crippen MR) is 88.6 cm³/mol. The Bertz CT molecular complexity index is 814. The molecule has 0 bridgehead atoms. The number of rotatable bonds is 3. The quantitative estimate of drug-likeness (QED) is 0.676. The molecule has 0 aliphatic rings. The van der Waals surface area contributed by atoms with Crippen LogP contribution in [0.1, 0.15) is 18.9 Å². The zero-order valence-corrected chi connectivity index (χ0v) is 12.6. The molecule has 2 aromatic carbocycles. The molecule has 106 valence electrons. The highest BCUT2D eigenvalue weighted by Crippen LogP contribution is 2.14. The summed E-state index contributed by atoms with van der Waals surface area (Å²) in [7, 11) is 2.10. The van der Waals surface area contributed by atoms with Crippen LogP contribution in [0.3, 0.4) is 0 Å². The summed E-state index contributed by atoms with van der Waals surface area (Å²) in [6.45, 7) is 2.21. The van der Waals surface area contributed by atoms with E-state index in [-0.39, 0.29) is 0 Å². The summed E-state index contributed by atoms with van der Waals surface area (Å²) in [6, 6.07) is 18.7. The van der Waals surface area contributed by atoms with Crippen molar-refractivity contribution >= 4 is 16.6 Å². The van der Waals surface area contributed by atoms with Crippen LogP contribution in [0.15, 0.2) is 65.8 Å². The van der Waals surface area contributed by atoms with Crippen molar-refractivity contribution in [2.24, 2.45) is 12.0 Å². The predicted octanol–water partition coefficient (Wildman–Crippen LogP) is 4.36. The molecule has 2 heteroatoms. The Kier molecular flexibility index (Phi) is 3.87. The molecule has 21 heavy (non-hydrogen) atoms. The molecule has 0 aliphatic heterocycles. The van der Waals surface area contributed by atoms with Gasteiger partial charge in [0.2, 0.25) is 0 Å². The molecule has 0 spiro atoms. The Balaban J connectivity index is 2.35. The standard InChI is InChI=1S/C19H20N2/c1-3-9-15-14-21(2)18-13-8-7-12-17(18)19(15)20-16-10-5-4-6-11-16/h4-8,10-14H,3,9H2,1-2H3. The van der Waals surface area contributed by atoms with E-state index in [1.54, 1.807) is 0 Å². The van der Waals surface area contributed by atoms with Crippen LogP contribution in [-0.4, -0.2) is 4.57 Å². The van der Waals surface area contributed by atoms with Crippen LogP contribution < -0.4 is 5.36 Å². The normalized spacial score (nSPS) is 12.0. The topological polar surface area (TPSA) is 17.3 Å². The Morgan fingerprint density at radius 1 is 0.952 bits per heavy atom. The first-order chi connectivity index (χ1) is 10.3. The van der Waals surface area contributed by atoms with Gasteiger partial charge in [-0.05, 0) is 30.2 Å². The van der Waals surface area contributed by atoms with E-state index in [1.165, 1.54) is 16.5 Å². The number of nitrogens with zero attached hydrogens (tertiary/aromatic N) is 2. The number of hydrogen-bond donors (Lipinski definition) is 0. The average Bonchev–Trinajstić information content (AvgIpc) is 2.52. The molecule has 0 unspecified atom stereocenters. The van der Waals surface area contributed by atoms with Crippen molar-refractivity contribution in [3.05, 3.63) is 71.7 Å². The second-order valence-electron chi connectivity index (χ2n) is 5.33. The molecule has 0 radical (unpaired) electrons. The van der Waals surface area contributed by atoms with Gasteiger partial charge in [-0.1, -0.05) is 49.7 Å². The molecule has 0 N–H and O–H groups in total. The fraction of sp³-hybridized carbons (Fsp3) is 0.211. The number of benzene rings is 2. The van der Waals surface area contributed by atoms with E-state index >= 15 is 0 Å². The number of fused-ring (bicyclic) bond motifs is 1.